The maximum Gasteiger partial charge on any atom is 0.0815 e. The molecule has 0 radical (unpaired) electrons. The maximum atomic E-state index is 4.97. The predicted octanol–water partition coefficient (Wildman–Crippen LogP) is 8.61. The molecule has 0 N–H and O–H groups in total. The van der Waals surface area contributed by atoms with Gasteiger partial charge in [-0.1, -0.05) is 51.0 Å². The Morgan fingerprint density at radius 2 is 1.26 bits per heavy atom. The first-order valence-electron chi connectivity index (χ1n) is 11.2. The van der Waals surface area contributed by atoms with E-state index in [4.69, 9.17) is 4.98 Å². The predicted molar refractivity (Wildman–Crippen MR) is 138 cm³/mol. The number of anilines is 1. The van der Waals surface area contributed by atoms with Crippen molar-refractivity contribution in [1.29, 1.82) is 0 Å². The Labute approximate surface area is 194 Å². The number of unbranched alkanes of at least 4 members (excludes halogenated alkanes) is 2. The Morgan fingerprint density at radius 3 is 1.71 bits per heavy atom. The van der Waals surface area contributed by atoms with Crippen LogP contribution in [0.3, 0.4) is 0 Å². The molecule has 0 aliphatic heterocycles. The van der Waals surface area contributed by atoms with Crippen LogP contribution >= 0.6 is 22.7 Å². The van der Waals surface area contributed by atoms with Crippen LogP contribution in [0.5, 0.6) is 0 Å². The average molecular weight is 447 g/mol. The molecule has 0 atom stereocenters. The maximum absolute atomic E-state index is 4.97. The van der Waals surface area contributed by atoms with E-state index in [1.54, 1.807) is 22.7 Å². The molecule has 0 saturated carbocycles. The van der Waals surface area contributed by atoms with Crippen molar-refractivity contribution >= 4 is 28.4 Å². The highest BCUT2D eigenvalue weighted by molar-refractivity contribution is 7.13. The van der Waals surface area contributed by atoms with E-state index >= 15 is 0 Å². The Kier molecular flexibility index (Phi) is 7.55. The molecule has 1 aromatic carbocycles. The summed E-state index contributed by atoms with van der Waals surface area (Å²) in [7, 11) is 0. The fourth-order valence-corrected chi connectivity index (χ4v) is 5.10. The first-order chi connectivity index (χ1) is 15.3. The van der Waals surface area contributed by atoms with Crippen LogP contribution in [0.15, 0.2) is 71.4 Å². The number of rotatable bonds is 10. The zero-order chi connectivity index (χ0) is 21.5. The number of nitrogens with zero attached hydrogens (tertiary/aromatic N) is 2. The molecule has 4 heteroatoms. The summed E-state index contributed by atoms with van der Waals surface area (Å²) in [5, 5.41) is 4.23. The first-order valence-corrected chi connectivity index (χ1v) is 13.0. The summed E-state index contributed by atoms with van der Waals surface area (Å²) in [4.78, 5) is 9.93. The van der Waals surface area contributed by atoms with Crippen molar-refractivity contribution in [3.05, 3.63) is 71.4 Å². The van der Waals surface area contributed by atoms with Crippen LogP contribution in [0.2, 0.25) is 0 Å². The van der Waals surface area contributed by atoms with Gasteiger partial charge in [0, 0.05) is 18.8 Å². The number of hydrogen-bond acceptors (Lipinski definition) is 4. The van der Waals surface area contributed by atoms with Gasteiger partial charge in [0.15, 0.2) is 0 Å². The number of thiophene rings is 2. The number of hydrogen-bond donors (Lipinski definition) is 0. The highest BCUT2D eigenvalue weighted by atomic mass is 32.1. The van der Waals surface area contributed by atoms with Gasteiger partial charge in [-0.05, 0) is 71.1 Å². The molecule has 0 unspecified atom stereocenters. The Bertz CT molecular complexity index is 991. The topological polar surface area (TPSA) is 16.1 Å². The van der Waals surface area contributed by atoms with Crippen molar-refractivity contribution in [2.75, 3.05) is 18.0 Å². The fourth-order valence-electron chi connectivity index (χ4n) is 3.73. The summed E-state index contributed by atoms with van der Waals surface area (Å²) in [5.74, 6) is 0. The van der Waals surface area contributed by atoms with Crippen molar-refractivity contribution in [3.8, 4) is 32.3 Å². The smallest absolute Gasteiger partial charge is 0.0815 e. The summed E-state index contributed by atoms with van der Waals surface area (Å²) in [6.07, 6.45) is 4.94. The largest absolute Gasteiger partial charge is 0.372 e. The van der Waals surface area contributed by atoms with E-state index in [9.17, 15) is 0 Å². The lowest BCUT2D eigenvalue weighted by atomic mass is 10.0. The van der Waals surface area contributed by atoms with E-state index < -0.39 is 0 Å². The molecule has 2 nitrogen and oxygen atoms in total. The lowest BCUT2D eigenvalue weighted by Crippen LogP contribution is -2.25. The second-order valence-corrected chi connectivity index (χ2v) is 9.72. The van der Waals surface area contributed by atoms with Gasteiger partial charge in [0.1, 0.15) is 0 Å². The highest BCUT2D eigenvalue weighted by Crippen LogP contribution is 2.34. The second kappa shape index (κ2) is 10.7. The van der Waals surface area contributed by atoms with E-state index in [1.165, 1.54) is 52.3 Å². The van der Waals surface area contributed by atoms with Crippen LogP contribution in [0.4, 0.5) is 5.69 Å². The normalized spacial score (nSPS) is 11.0. The number of benzene rings is 1. The van der Waals surface area contributed by atoms with Gasteiger partial charge in [0.05, 0.1) is 21.1 Å². The summed E-state index contributed by atoms with van der Waals surface area (Å²) >= 11 is 3.48. The molecule has 0 fully saturated rings. The molecule has 0 bridgehead atoms. The molecule has 0 spiro atoms. The molecule has 3 aromatic heterocycles. The third kappa shape index (κ3) is 5.44. The zero-order valence-electron chi connectivity index (χ0n) is 18.4. The van der Waals surface area contributed by atoms with Crippen molar-refractivity contribution in [2.45, 2.75) is 39.5 Å². The van der Waals surface area contributed by atoms with Crippen molar-refractivity contribution < 1.29 is 0 Å². The van der Waals surface area contributed by atoms with Gasteiger partial charge in [0.2, 0.25) is 0 Å². The molecule has 0 aliphatic rings. The standard InChI is InChI=1S/C27H30N2S2/c1-3-5-15-29(16-6-4-2)23-13-11-21(12-14-23)22-19-24(26-9-7-17-30-26)28-25(20-22)27-10-8-18-31-27/h7-14,17-20H,3-6,15-16H2,1-2H3. The van der Waals surface area contributed by atoms with Gasteiger partial charge in [0.25, 0.3) is 0 Å². The van der Waals surface area contributed by atoms with E-state index in [0.29, 0.717) is 0 Å². The molecular formula is C27H30N2S2. The summed E-state index contributed by atoms with van der Waals surface area (Å²) in [6.45, 7) is 6.80. The molecule has 0 aliphatic carbocycles. The van der Waals surface area contributed by atoms with Gasteiger partial charge in [-0.3, -0.25) is 0 Å². The molecule has 0 saturated heterocycles. The molecule has 31 heavy (non-hydrogen) atoms. The van der Waals surface area contributed by atoms with Crippen LogP contribution < -0.4 is 4.90 Å². The Hall–Kier alpha value is -2.43. The molecular weight excluding hydrogens is 416 g/mol. The van der Waals surface area contributed by atoms with Gasteiger partial charge in [-0.2, -0.15) is 0 Å². The molecule has 160 valence electrons. The molecule has 3 heterocycles. The van der Waals surface area contributed by atoms with Crippen molar-refractivity contribution in [3.63, 3.8) is 0 Å². The lowest BCUT2D eigenvalue weighted by Gasteiger charge is -2.25. The van der Waals surface area contributed by atoms with Gasteiger partial charge in [-0.25, -0.2) is 4.98 Å². The van der Waals surface area contributed by atoms with Crippen LogP contribution in [0, 0.1) is 0 Å². The molecule has 0 amide bonds. The number of pyridine rings is 1. The Balaban J connectivity index is 1.67. The third-order valence-corrected chi connectivity index (χ3v) is 7.29. The van der Waals surface area contributed by atoms with E-state index in [-0.39, 0.29) is 0 Å². The zero-order valence-corrected chi connectivity index (χ0v) is 20.0. The molecule has 4 aromatic rings. The summed E-state index contributed by atoms with van der Waals surface area (Å²) < 4.78 is 0. The van der Waals surface area contributed by atoms with E-state index in [0.717, 1.165) is 24.5 Å². The van der Waals surface area contributed by atoms with E-state index in [1.807, 2.05) is 0 Å². The van der Waals surface area contributed by atoms with Gasteiger partial charge < -0.3 is 4.90 Å². The Morgan fingerprint density at radius 1 is 0.710 bits per heavy atom. The lowest BCUT2D eigenvalue weighted by molar-refractivity contribution is 0.678. The first kappa shape index (κ1) is 21.8. The van der Waals surface area contributed by atoms with Crippen LogP contribution in [0.1, 0.15) is 39.5 Å². The quantitative estimate of drug-likeness (QED) is 0.242. The highest BCUT2D eigenvalue weighted by Gasteiger charge is 2.11. The van der Waals surface area contributed by atoms with Crippen LogP contribution in [-0.2, 0) is 0 Å². The SMILES string of the molecule is CCCCN(CCCC)c1ccc(-c2cc(-c3cccs3)nc(-c3cccs3)c2)cc1. The van der Waals surface area contributed by atoms with Crippen LogP contribution in [0.25, 0.3) is 32.3 Å². The monoisotopic (exact) mass is 446 g/mol. The summed E-state index contributed by atoms with van der Waals surface area (Å²) in [6, 6.07) is 22.1. The minimum Gasteiger partial charge on any atom is -0.372 e. The van der Waals surface area contributed by atoms with Crippen molar-refractivity contribution in [1.82, 2.24) is 4.98 Å². The number of aromatic nitrogens is 1. The van der Waals surface area contributed by atoms with Gasteiger partial charge >= 0.3 is 0 Å². The minimum atomic E-state index is 1.05. The third-order valence-electron chi connectivity index (χ3n) is 5.50. The van der Waals surface area contributed by atoms with Crippen LogP contribution in [-0.4, -0.2) is 18.1 Å². The fraction of sp³-hybridized carbons (Fsp3) is 0.296. The summed E-state index contributed by atoms with van der Waals surface area (Å²) in [5.41, 5.74) is 5.89. The minimum absolute atomic E-state index is 1.05. The molecule has 4 rings (SSSR count). The second-order valence-electron chi connectivity index (χ2n) is 7.82. The van der Waals surface area contributed by atoms with Gasteiger partial charge in [-0.15, -0.1) is 22.7 Å². The average Bonchev–Trinajstić information content (AvgIpc) is 3.54. The van der Waals surface area contributed by atoms with Crippen molar-refractivity contribution in [2.24, 2.45) is 0 Å². The van der Waals surface area contributed by atoms with E-state index in [2.05, 4.69) is 90.2 Å².